The molecule has 0 aliphatic heterocycles. The molecule has 1 saturated carbocycles. The molecule has 1 aliphatic carbocycles. The number of hydrogen-bond donors (Lipinski definition) is 1. The first-order valence-electron chi connectivity index (χ1n) is 4.19. The zero-order valence-corrected chi connectivity index (χ0v) is 8.81. The lowest BCUT2D eigenvalue weighted by Gasteiger charge is -2.10. The van der Waals surface area contributed by atoms with Crippen molar-refractivity contribution in [1.29, 1.82) is 5.26 Å². The van der Waals surface area contributed by atoms with Crippen molar-refractivity contribution in [2.24, 2.45) is 0 Å². The van der Waals surface area contributed by atoms with Crippen molar-refractivity contribution < 1.29 is 9.50 Å². The summed E-state index contributed by atoms with van der Waals surface area (Å²) in [5, 5.41) is 18.4. The van der Waals surface area contributed by atoms with Gasteiger partial charge in [0.1, 0.15) is 11.6 Å². The first-order chi connectivity index (χ1) is 6.59. The highest BCUT2D eigenvalue weighted by atomic mass is 79.9. The van der Waals surface area contributed by atoms with Crippen molar-refractivity contribution in [3.05, 3.63) is 28.0 Å². The molecule has 1 aromatic carbocycles. The van der Waals surface area contributed by atoms with Crippen molar-refractivity contribution in [2.45, 2.75) is 18.3 Å². The molecule has 0 saturated heterocycles. The van der Waals surface area contributed by atoms with E-state index in [1.807, 2.05) is 0 Å². The van der Waals surface area contributed by atoms with E-state index in [2.05, 4.69) is 22.0 Å². The molecular weight excluding hydrogens is 249 g/mol. The van der Waals surface area contributed by atoms with Crippen molar-refractivity contribution in [1.82, 2.24) is 0 Å². The summed E-state index contributed by atoms with van der Waals surface area (Å²) < 4.78 is 14.0. The lowest BCUT2D eigenvalue weighted by Crippen LogP contribution is -2.06. The molecule has 14 heavy (non-hydrogen) atoms. The molecule has 0 bridgehead atoms. The zero-order valence-electron chi connectivity index (χ0n) is 7.22. The van der Waals surface area contributed by atoms with Crippen LogP contribution in [0.2, 0.25) is 0 Å². The Kier molecular flexibility index (Phi) is 2.00. The van der Waals surface area contributed by atoms with Gasteiger partial charge in [0, 0.05) is 10.0 Å². The minimum absolute atomic E-state index is 0.142. The Balaban J connectivity index is 2.60. The lowest BCUT2D eigenvalue weighted by atomic mass is 9.96. The summed E-state index contributed by atoms with van der Waals surface area (Å²) >= 11 is 3.07. The number of halogens is 2. The van der Waals surface area contributed by atoms with Crippen LogP contribution in [0.3, 0.4) is 0 Å². The van der Waals surface area contributed by atoms with Crippen LogP contribution in [-0.2, 0) is 5.41 Å². The first-order valence-corrected chi connectivity index (χ1v) is 4.98. The molecule has 4 heteroatoms. The topological polar surface area (TPSA) is 44.0 Å². The predicted molar refractivity (Wildman–Crippen MR) is 52.3 cm³/mol. The van der Waals surface area contributed by atoms with Crippen molar-refractivity contribution >= 4 is 15.9 Å². The maximum atomic E-state index is 13.5. The molecule has 0 amide bonds. The van der Waals surface area contributed by atoms with Crippen LogP contribution < -0.4 is 0 Å². The van der Waals surface area contributed by atoms with Crippen LogP contribution in [0, 0.1) is 17.1 Å². The second-order valence-electron chi connectivity index (χ2n) is 3.48. The summed E-state index contributed by atoms with van der Waals surface area (Å²) in [5.74, 6) is -0.660. The van der Waals surface area contributed by atoms with E-state index >= 15 is 0 Å². The molecule has 0 unspecified atom stereocenters. The van der Waals surface area contributed by atoms with E-state index in [1.165, 1.54) is 12.1 Å². The fourth-order valence-electron chi connectivity index (χ4n) is 1.58. The van der Waals surface area contributed by atoms with Gasteiger partial charge < -0.3 is 5.11 Å². The largest absolute Gasteiger partial charge is 0.507 e. The summed E-state index contributed by atoms with van der Waals surface area (Å²) in [6, 6.07) is 4.74. The molecule has 1 aliphatic rings. The number of phenolic OH excluding ortho intramolecular Hbond substituents is 1. The maximum Gasteiger partial charge on any atom is 0.132 e. The maximum absolute atomic E-state index is 13.5. The number of aromatic hydroxyl groups is 1. The second-order valence-corrected chi connectivity index (χ2v) is 4.39. The molecule has 1 fully saturated rings. The van der Waals surface area contributed by atoms with Gasteiger partial charge in [0.05, 0.1) is 11.5 Å². The third-order valence-corrected chi connectivity index (χ3v) is 2.93. The van der Waals surface area contributed by atoms with Gasteiger partial charge in [-0.15, -0.1) is 0 Å². The van der Waals surface area contributed by atoms with E-state index < -0.39 is 11.2 Å². The van der Waals surface area contributed by atoms with Crippen molar-refractivity contribution in [2.75, 3.05) is 0 Å². The SMILES string of the molecule is N#CC1(c2c(O)cc(Br)cc2F)CC1. The van der Waals surface area contributed by atoms with Crippen LogP contribution in [0.25, 0.3) is 0 Å². The van der Waals surface area contributed by atoms with E-state index in [0.29, 0.717) is 17.3 Å². The molecule has 1 N–H and O–H groups in total. The van der Waals surface area contributed by atoms with Crippen LogP contribution in [-0.4, -0.2) is 5.11 Å². The van der Waals surface area contributed by atoms with Gasteiger partial charge in [-0.3, -0.25) is 0 Å². The average molecular weight is 256 g/mol. The van der Waals surface area contributed by atoms with Gasteiger partial charge in [0.2, 0.25) is 0 Å². The summed E-state index contributed by atoms with van der Waals surface area (Å²) in [7, 11) is 0. The summed E-state index contributed by atoms with van der Waals surface area (Å²) in [5.41, 5.74) is -0.641. The van der Waals surface area contributed by atoms with E-state index in [4.69, 9.17) is 5.26 Å². The van der Waals surface area contributed by atoms with Gasteiger partial charge in [0.25, 0.3) is 0 Å². The summed E-state index contributed by atoms with van der Waals surface area (Å²) in [4.78, 5) is 0. The van der Waals surface area contributed by atoms with E-state index in [-0.39, 0.29) is 11.3 Å². The van der Waals surface area contributed by atoms with Crippen LogP contribution in [0.15, 0.2) is 16.6 Å². The number of rotatable bonds is 1. The van der Waals surface area contributed by atoms with Crippen LogP contribution in [0.1, 0.15) is 18.4 Å². The molecule has 0 spiro atoms. The standard InChI is InChI=1S/C10H7BrFNO/c11-6-3-7(12)9(8(14)4-6)10(5-13)1-2-10/h3-4,14H,1-2H2. The third-order valence-electron chi connectivity index (χ3n) is 2.48. The molecule has 0 atom stereocenters. The van der Waals surface area contributed by atoms with Gasteiger partial charge in [-0.2, -0.15) is 5.26 Å². The molecule has 0 aromatic heterocycles. The van der Waals surface area contributed by atoms with E-state index in [1.54, 1.807) is 0 Å². The second kappa shape index (κ2) is 2.96. The molecule has 72 valence electrons. The monoisotopic (exact) mass is 255 g/mol. The number of nitrogens with zero attached hydrogens (tertiary/aromatic N) is 1. The predicted octanol–water partition coefficient (Wildman–Crippen LogP) is 2.85. The van der Waals surface area contributed by atoms with Crippen molar-refractivity contribution in [3.8, 4) is 11.8 Å². The third kappa shape index (κ3) is 1.28. The Morgan fingerprint density at radius 1 is 1.50 bits per heavy atom. The average Bonchev–Trinajstić information content (AvgIpc) is 2.83. The van der Waals surface area contributed by atoms with E-state index in [0.717, 1.165) is 0 Å². The Morgan fingerprint density at radius 3 is 2.57 bits per heavy atom. The number of phenols is 1. The van der Waals surface area contributed by atoms with Gasteiger partial charge >= 0.3 is 0 Å². The summed E-state index contributed by atoms with van der Waals surface area (Å²) in [6.45, 7) is 0. The van der Waals surface area contributed by atoms with Crippen LogP contribution in [0.5, 0.6) is 5.75 Å². The molecule has 0 heterocycles. The van der Waals surface area contributed by atoms with Crippen LogP contribution in [0.4, 0.5) is 4.39 Å². The van der Waals surface area contributed by atoms with Crippen molar-refractivity contribution in [3.63, 3.8) is 0 Å². The first kappa shape index (κ1) is 9.47. The highest BCUT2D eigenvalue weighted by Crippen LogP contribution is 2.51. The van der Waals surface area contributed by atoms with E-state index in [9.17, 15) is 9.50 Å². The van der Waals surface area contributed by atoms with Gasteiger partial charge in [-0.25, -0.2) is 4.39 Å². The Bertz CT molecular complexity index is 411. The molecular formula is C10H7BrFNO. The normalized spacial score (nSPS) is 17.5. The zero-order chi connectivity index (χ0) is 10.3. The number of nitriles is 1. The number of benzene rings is 1. The lowest BCUT2D eigenvalue weighted by molar-refractivity contribution is 0.453. The van der Waals surface area contributed by atoms with Crippen LogP contribution >= 0.6 is 15.9 Å². The van der Waals surface area contributed by atoms with Gasteiger partial charge in [0.15, 0.2) is 0 Å². The molecule has 1 aromatic rings. The Morgan fingerprint density at radius 2 is 2.14 bits per heavy atom. The molecule has 2 nitrogen and oxygen atoms in total. The fourth-order valence-corrected chi connectivity index (χ4v) is 1.99. The molecule has 2 rings (SSSR count). The van der Waals surface area contributed by atoms with Gasteiger partial charge in [-0.05, 0) is 25.0 Å². The Labute approximate surface area is 89.1 Å². The smallest absolute Gasteiger partial charge is 0.132 e. The minimum Gasteiger partial charge on any atom is -0.507 e. The fraction of sp³-hybridized carbons (Fsp3) is 0.300. The summed E-state index contributed by atoms with van der Waals surface area (Å²) in [6.07, 6.45) is 1.24. The highest BCUT2D eigenvalue weighted by molar-refractivity contribution is 9.10. The quantitative estimate of drug-likeness (QED) is 0.839. The minimum atomic E-state index is -0.783. The number of hydrogen-bond acceptors (Lipinski definition) is 2. The Hall–Kier alpha value is -1.08. The highest BCUT2D eigenvalue weighted by Gasteiger charge is 2.48. The molecule has 0 radical (unpaired) electrons. The van der Waals surface area contributed by atoms with Gasteiger partial charge in [-0.1, -0.05) is 15.9 Å².